The SMILES string of the molecule is CCC(C)Nc1cc(OC)nc(C2CCCO2)n1. The van der Waals surface area contributed by atoms with E-state index in [1.165, 1.54) is 0 Å². The molecule has 1 aliphatic heterocycles. The molecule has 1 aliphatic rings. The number of aromatic nitrogens is 2. The van der Waals surface area contributed by atoms with Crippen molar-refractivity contribution in [2.24, 2.45) is 0 Å². The molecule has 1 fully saturated rings. The first-order valence-corrected chi connectivity index (χ1v) is 6.54. The van der Waals surface area contributed by atoms with E-state index in [1.54, 1.807) is 7.11 Å². The normalized spacial score (nSPS) is 20.7. The number of hydrogen-bond acceptors (Lipinski definition) is 5. The molecule has 0 saturated carbocycles. The second-order valence-corrected chi connectivity index (χ2v) is 4.61. The Hall–Kier alpha value is -1.36. The minimum atomic E-state index is 0.0117. The lowest BCUT2D eigenvalue weighted by atomic mass is 10.2. The quantitative estimate of drug-likeness (QED) is 0.871. The standard InChI is InChI=1S/C13H21N3O2/c1-4-9(2)14-11-8-12(17-3)16-13(15-11)10-6-5-7-18-10/h8-10H,4-7H2,1-3H3,(H,14,15,16). The lowest BCUT2D eigenvalue weighted by molar-refractivity contribution is 0.104. The van der Waals surface area contributed by atoms with Gasteiger partial charge in [-0.3, -0.25) is 0 Å². The van der Waals surface area contributed by atoms with Crippen molar-refractivity contribution in [2.45, 2.75) is 45.3 Å². The van der Waals surface area contributed by atoms with E-state index in [0.717, 1.165) is 37.5 Å². The van der Waals surface area contributed by atoms with Gasteiger partial charge in [-0.25, -0.2) is 4.98 Å². The zero-order chi connectivity index (χ0) is 13.0. The average molecular weight is 251 g/mol. The van der Waals surface area contributed by atoms with E-state index in [0.29, 0.717) is 11.9 Å². The molecule has 0 radical (unpaired) electrons. The molecule has 0 aromatic carbocycles. The van der Waals surface area contributed by atoms with Gasteiger partial charge in [-0.15, -0.1) is 0 Å². The highest BCUT2D eigenvalue weighted by Gasteiger charge is 2.22. The molecule has 1 aromatic rings. The number of methoxy groups -OCH3 is 1. The van der Waals surface area contributed by atoms with Crippen molar-refractivity contribution in [3.8, 4) is 5.88 Å². The fourth-order valence-corrected chi connectivity index (χ4v) is 1.90. The number of hydrogen-bond donors (Lipinski definition) is 1. The topological polar surface area (TPSA) is 56.3 Å². The maximum absolute atomic E-state index is 5.62. The summed E-state index contributed by atoms with van der Waals surface area (Å²) in [6, 6.07) is 2.20. The van der Waals surface area contributed by atoms with Gasteiger partial charge in [0.25, 0.3) is 0 Å². The summed E-state index contributed by atoms with van der Waals surface area (Å²) >= 11 is 0. The summed E-state index contributed by atoms with van der Waals surface area (Å²) in [5, 5.41) is 3.34. The fourth-order valence-electron chi connectivity index (χ4n) is 1.90. The van der Waals surface area contributed by atoms with Crippen LogP contribution in [0.5, 0.6) is 5.88 Å². The van der Waals surface area contributed by atoms with Crippen LogP contribution in [0.15, 0.2) is 6.07 Å². The molecule has 2 rings (SSSR count). The molecule has 5 nitrogen and oxygen atoms in total. The maximum atomic E-state index is 5.62. The highest BCUT2D eigenvalue weighted by Crippen LogP contribution is 2.28. The van der Waals surface area contributed by atoms with Crippen molar-refractivity contribution >= 4 is 5.82 Å². The molecule has 1 aromatic heterocycles. The van der Waals surface area contributed by atoms with Crippen molar-refractivity contribution < 1.29 is 9.47 Å². The summed E-state index contributed by atoms with van der Waals surface area (Å²) in [7, 11) is 1.62. The van der Waals surface area contributed by atoms with Gasteiger partial charge < -0.3 is 14.8 Å². The van der Waals surface area contributed by atoms with E-state index in [1.807, 2.05) is 6.07 Å². The van der Waals surface area contributed by atoms with Gasteiger partial charge in [0.1, 0.15) is 11.9 Å². The number of nitrogens with one attached hydrogen (secondary N) is 1. The second-order valence-electron chi connectivity index (χ2n) is 4.61. The van der Waals surface area contributed by atoms with Crippen LogP contribution >= 0.6 is 0 Å². The van der Waals surface area contributed by atoms with E-state index in [-0.39, 0.29) is 6.10 Å². The van der Waals surface area contributed by atoms with Gasteiger partial charge in [-0.1, -0.05) is 6.92 Å². The molecule has 5 heteroatoms. The van der Waals surface area contributed by atoms with E-state index in [2.05, 4.69) is 29.1 Å². The first kappa shape index (κ1) is 13.1. The smallest absolute Gasteiger partial charge is 0.218 e. The van der Waals surface area contributed by atoms with Gasteiger partial charge in [0.15, 0.2) is 5.82 Å². The minimum absolute atomic E-state index is 0.0117. The zero-order valence-corrected chi connectivity index (χ0v) is 11.3. The fraction of sp³-hybridized carbons (Fsp3) is 0.692. The third kappa shape index (κ3) is 3.10. The molecule has 2 atom stereocenters. The molecule has 0 bridgehead atoms. The van der Waals surface area contributed by atoms with E-state index < -0.39 is 0 Å². The van der Waals surface area contributed by atoms with Crippen LogP contribution in [0.1, 0.15) is 45.0 Å². The first-order chi connectivity index (χ1) is 8.72. The first-order valence-electron chi connectivity index (χ1n) is 6.54. The Morgan fingerprint density at radius 3 is 3.00 bits per heavy atom. The van der Waals surface area contributed by atoms with Gasteiger partial charge in [0, 0.05) is 18.7 Å². The van der Waals surface area contributed by atoms with Gasteiger partial charge in [0.2, 0.25) is 5.88 Å². The number of nitrogens with zero attached hydrogens (tertiary/aromatic N) is 2. The molecule has 2 unspecified atom stereocenters. The summed E-state index contributed by atoms with van der Waals surface area (Å²) < 4.78 is 10.8. The van der Waals surface area contributed by atoms with E-state index in [4.69, 9.17) is 9.47 Å². The monoisotopic (exact) mass is 251 g/mol. The lowest BCUT2D eigenvalue weighted by Crippen LogP contribution is -2.16. The van der Waals surface area contributed by atoms with Crippen LogP contribution in [0.2, 0.25) is 0 Å². The van der Waals surface area contributed by atoms with Crippen LogP contribution < -0.4 is 10.1 Å². The lowest BCUT2D eigenvalue weighted by Gasteiger charge is -2.15. The highest BCUT2D eigenvalue weighted by molar-refractivity contribution is 5.39. The van der Waals surface area contributed by atoms with Crippen molar-refractivity contribution in [2.75, 3.05) is 19.0 Å². The Labute approximate surface area is 108 Å². The summed E-state index contributed by atoms with van der Waals surface area (Å²) in [6.45, 7) is 5.05. The van der Waals surface area contributed by atoms with Crippen molar-refractivity contribution in [1.82, 2.24) is 9.97 Å². The van der Waals surface area contributed by atoms with Crippen LogP contribution in [0.4, 0.5) is 5.82 Å². The summed E-state index contributed by atoms with van der Waals surface area (Å²) in [5.74, 6) is 2.11. The molecular weight excluding hydrogens is 230 g/mol. The predicted octanol–water partition coefficient (Wildman–Crippen LogP) is 2.55. The Balaban J connectivity index is 2.20. The van der Waals surface area contributed by atoms with Crippen molar-refractivity contribution in [1.29, 1.82) is 0 Å². The third-order valence-electron chi connectivity index (χ3n) is 3.15. The number of rotatable bonds is 5. The summed E-state index contributed by atoms with van der Waals surface area (Å²) in [4.78, 5) is 8.89. The zero-order valence-electron chi connectivity index (χ0n) is 11.3. The average Bonchev–Trinajstić information content (AvgIpc) is 2.92. The Morgan fingerprint density at radius 1 is 1.56 bits per heavy atom. The summed E-state index contributed by atoms with van der Waals surface area (Å²) in [5.41, 5.74) is 0. The largest absolute Gasteiger partial charge is 0.481 e. The molecular formula is C13H21N3O2. The molecule has 0 spiro atoms. The molecule has 0 aliphatic carbocycles. The van der Waals surface area contributed by atoms with Crippen molar-refractivity contribution in [3.63, 3.8) is 0 Å². The van der Waals surface area contributed by atoms with Gasteiger partial charge >= 0.3 is 0 Å². The molecule has 1 saturated heterocycles. The third-order valence-corrected chi connectivity index (χ3v) is 3.15. The summed E-state index contributed by atoms with van der Waals surface area (Å²) in [6.07, 6.45) is 3.11. The van der Waals surface area contributed by atoms with Gasteiger partial charge in [-0.05, 0) is 26.2 Å². The van der Waals surface area contributed by atoms with Crippen LogP contribution in [0.3, 0.4) is 0 Å². The number of ether oxygens (including phenoxy) is 2. The van der Waals surface area contributed by atoms with Crippen LogP contribution in [-0.2, 0) is 4.74 Å². The number of anilines is 1. The van der Waals surface area contributed by atoms with Crippen LogP contribution in [-0.4, -0.2) is 29.7 Å². The molecule has 0 amide bonds. The molecule has 18 heavy (non-hydrogen) atoms. The van der Waals surface area contributed by atoms with Crippen LogP contribution in [0, 0.1) is 0 Å². The Bertz CT molecular complexity index is 392. The van der Waals surface area contributed by atoms with Crippen molar-refractivity contribution in [3.05, 3.63) is 11.9 Å². The molecule has 2 heterocycles. The minimum Gasteiger partial charge on any atom is -0.481 e. The highest BCUT2D eigenvalue weighted by atomic mass is 16.5. The maximum Gasteiger partial charge on any atom is 0.218 e. The van der Waals surface area contributed by atoms with E-state index >= 15 is 0 Å². The molecule has 1 N–H and O–H groups in total. The Kier molecular flexibility index (Phi) is 4.36. The second kappa shape index (κ2) is 6.00. The van der Waals surface area contributed by atoms with Crippen LogP contribution in [0.25, 0.3) is 0 Å². The molecule has 100 valence electrons. The Morgan fingerprint density at radius 2 is 2.39 bits per heavy atom. The predicted molar refractivity (Wildman–Crippen MR) is 69.9 cm³/mol. The van der Waals surface area contributed by atoms with E-state index in [9.17, 15) is 0 Å². The van der Waals surface area contributed by atoms with Gasteiger partial charge in [-0.2, -0.15) is 4.98 Å². The van der Waals surface area contributed by atoms with Gasteiger partial charge in [0.05, 0.1) is 7.11 Å².